The monoisotopic (exact) mass is 875 g/mol. The van der Waals surface area contributed by atoms with E-state index in [0.29, 0.717) is 49.0 Å². The van der Waals surface area contributed by atoms with Crippen LogP contribution in [0.1, 0.15) is 64.2 Å². The van der Waals surface area contributed by atoms with Crippen LogP contribution in [0.3, 0.4) is 0 Å². The summed E-state index contributed by atoms with van der Waals surface area (Å²) >= 11 is 18.7. The number of halogens is 3. The van der Waals surface area contributed by atoms with E-state index in [1.807, 2.05) is 36.4 Å². The summed E-state index contributed by atoms with van der Waals surface area (Å²) in [6, 6.07) is 17.1. The Morgan fingerprint density at radius 1 is 0.797 bits per heavy atom. The van der Waals surface area contributed by atoms with Crippen molar-refractivity contribution in [3.05, 3.63) is 89.1 Å². The van der Waals surface area contributed by atoms with E-state index in [9.17, 15) is 14.4 Å². The Balaban J connectivity index is 1.40. The van der Waals surface area contributed by atoms with Gasteiger partial charge in [0.1, 0.15) is 23.7 Å². The number of methoxy groups -OCH3 is 2. The maximum atomic E-state index is 14.1. The van der Waals surface area contributed by atoms with Gasteiger partial charge in [-0.1, -0.05) is 71.2 Å². The van der Waals surface area contributed by atoms with Crippen molar-refractivity contribution in [2.45, 2.75) is 87.6 Å². The van der Waals surface area contributed by atoms with Crippen molar-refractivity contribution < 1.29 is 47.5 Å². The van der Waals surface area contributed by atoms with E-state index < -0.39 is 45.2 Å². The number of benzene rings is 2. The van der Waals surface area contributed by atoms with E-state index >= 15 is 0 Å². The minimum absolute atomic E-state index is 0.00531. The summed E-state index contributed by atoms with van der Waals surface area (Å²) in [5, 5.41) is 0. The fourth-order valence-electron chi connectivity index (χ4n) is 6.74. The van der Waals surface area contributed by atoms with Crippen LogP contribution in [-0.4, -0.2) is 107 Å². The molecule has 13 nitrogen and oxygen atoms in total. The molecule has 320 valence electrons. The highest BCUT2D eigenvalue weighted by Crippen LogP contribution is 2.43. The molecule has 59 heavy (non-hydrogen) atoms. The number of hydrogen-bond acceptors (Lipinski definition) is 11. The van der Waals surface area contributed by atoms with Crippen LogP contribution in [0, 0.1) is 0 Å². The summed E-state index contributed by atoms with van der Waals surface area (Å²) in [5.74, 6) is 1.21. The van der Waals surface area contributed by atoms with Gasteiger partial charge in [-0.3, -0.25) is 9.69 Å². The maximum Gasteiger partial charge on any atom is 0.411 e. The third-order valence-electron chi connectivity index (χ3n) is 9.80. The predicted octanol–water partition coefficient (Wildman–Crippen LogP) is 8.60. The van der Waals surface area contributed by atoms with Gasteiger partial charge < -0.3 is 38.1 Å². The summed E-state index contributed by atoms with van der Waals surface area (Å²) < 4.78 is 38.2. The molecule has 2 aromatic carbocycles. The zero-order chi connectivity index (χ0) is 43.0. The minimum Gasteiger partial charge on any atom is -0.496 e. The largest absolute Gasteiger partial charge is 0.496 e. The molecule has 2 aliphatic heterocycles. The number of pyridine rings is 1. The van der Waals surface area contributed by atoms with Crippen molar-refractivity contribution in [1.29, 1.82) is 0 Å². The summed E-state index contributed by atoms with van der Waals surface area (Å²) in [4.78, 5) is 48.7. The molecule has 0 aliphatic carbocycles. The molecule has 0 N–H and O–H groups in total. The number of aromatic nitrogens is 1. The molecular formula is C43H52Cl3N3O10. The number of fused-ring (bicyclic) bond motifs is 2. The predicted molar refractivity (Wildman–Crippen MR) is 224 cm³/mol. The molecule has 0 radical (unpaired) electrons. The van der Waals surface area contributed by atoms with Crippen LogP contribution in [0.15, 0.2) is 72.4 Å². The molecule has 2 aliphatic rings. The van der Waals surface area contributed by atoms with Gasteiger partial charge in [-0.25, -0.2) is 14.6 Å². The molecule has 3 heterocycles. The minimum atomic E-state index is -1.95. The van der Waals surface area contributed by atoms with Gasteiger partial charge in [0.15, 0.2) is 5.60 Å². The van der Waals surface area contributed by atoms with Crippen LogP contribution >= 0.6 is 34.8 Å². The van der Waals surface area contributed by atoms with Crippen molar-refractivity contribution in [3.8, 4) is 17.4 Å². The Morgan fingerprint density at radius 3 is 2.08 bits per heavy atom. The molecule has 1 saturated heterocycles. The van der Waals surface area contributed by atoms with Crippen molar-refractivity contribution in [1.82, 2.24) is 14.8 Å². The van der Waals surface area contributed by atoms with Crippen LogP contribution in [0.25, 0.3) is 5.57 Å². The van der Waals surface area contributed by atoms with Gasteiger partial charge in [0, 0.05) is 42.9 Å². The first-order valence-corrected chi connectivity index (χ1v) is 20.4. The lowest BCUT2D eigenvalue weighted by atomic mass is 9.82. The van der Waals surface area contributed by atoms with E-state index in [1.165, 1.54) is 25.9 Å². The number of hydrogen-bond donors (Lipinski definition) is 0. The zero-order valence-corrected chi connectivity index (χ0v) is 36.7. The van der Waals surface area contributed by atoms with Gasteiger partial charge in [-0.05, 0) is 75.9 Å². The number of rotatable bonds is 15. The molecule has 1 aromatic heterocycles. The summed E-state index contributed by atoms with van der Waals surface area (Å²) in [6.45, 7) is 9.51. The molecular weight excluding hydrogens is 825 g/mol. The quantitative estimate of drug-likeness (QED) is 0.0629. The van der Waals surface area contributed by atoms with Crippen LogP contribution in [-0.2, 0) is 36.8 Å². The van der Waals surface area contributed by atoms with Gasteiger partial charge in [0.2, 0.25) is 9.67 Å². The number of ether oxygens (including phenoxy) is 7. The van der Waals surface area contributed by atoms with Crippen molar-refractivity contribution in [2.24, 2.45) is 0 Å². The topological polar surface area (TPSA) is 135 Å². The second-order valence-electron chi connectivity index (χ2n) is 15.6. The number of alkyl halides is 3. The molecule has 0 spiro atoms. The molecule has 5 rings (SSSR count). The molecule has 2 unspecified atom stereocenters. The number of nitrogens with zero attached hydrogens (tertiary/aromatic N) is 3. The number of esters is 1. The van der Waals surface area contributed by atoms with Crippen molar-refractivity contribution >= 4 is 58.5 Å². The van der Waals surface area contributed by atoms with Crippen LogP contribution in [0.2, 0.25) is 0 Å². The number of carbonyl (C=O) groups excluding carboxylic acids is 3. The lowest BCUT2D eigenvalue weighted by molar-refractivity contribution is -0.142. The third-order valence-corrected chi connectivity index (χ3v) is 11.2. The number of carbonyl (C=O) groups is 3. The highest BCUT2D eigenvalue weighted by Gasteiger charge is 2.51. The Kier molecular flexibility index (Phi) is 15.3. The fourth-order valence-corrected chi connectivity index (χ4v) is 6.86. The summed E-state index contributed by atoms with van der Waals surface area (Å²) in [7, 11) is 3.16. The Morgan fingerprint density at radius 2 is 1.46 bits per heavy atom. The smallest absolute Gasteiger partial charge is 0.411 e. The molecule has 3 aromatic rings. The lowest BCUT2D eigenvalue weighted by Crippen LogP contribution is -2.65. The van der Waals surface area contributed by atoms with E-state index in [4.69, 9.17) is 68.0 Å². The highest BCUT2D eigenvalue weighted by molar-refractivity contribution is 6.68. The lowest BCUT2D eigenvalue weighted by Gasteiger charge is -2.51. The van der Waals surface area contributed by atoms with Crippen molar-refractivity contribution in [2.75, 3.05) is 47.1 Å². The average Bonchev–Trinajstić information content (AvgIpc) is 3.17. The summed E-state index contributed by atoms with van der Waals surface area (Å²) in [5.41, 5.74) is 1.39. The van der Waals surface area contributed by atoms with Gasteiger partial charge >= 0.3 is 18.2 Å². The van der Waals surface area contributed by atoms with E-state index in [0.717, 1.165) is 22.4 Å². The summed E-state index contributed by atoms with van der Waals surface area (Å²) in [6.07, 6.45) is 1.18. The van der Waals surface area contributed by atoms with Crippen LogP contribution in [0.4, 0.5) is 9.59 Å². The van der Waals surface area contributed by atoms with Crippen molar-refractivity contribution in [3.63, 3.8) is 0 Å². The normalized spacial score (nSPS) is 17.0. The molecule has 2 bridgehead atoms. The van der Waals surface area contributed by atoms with Crippen LogP contribution in [0.5, 0.6) is 17.4 Å². The third kappa shape index (κ3) is 12.1. The van der Waals surface area contributed by atoms with E-state index in [-0.39, 0.29) is 32.5 Å². The van der Waals surface area contributed by atoms with Crippen LogP contribution < -0.4 is 14.2 Å². The van der Waals surface area contributed by atoms with E-state index in [2.05, 4.69) is 4.98 Å². The zero-order valence-electron chi connectivity index (χ0n) is 34.4. The number of amides is 2. The second-order valence-corrected chi connectivity index (χ2v) is 17.9. The average molecular weight is 877 g/mol. The number of para-hydroxylation sites is 2. The number of piperazine rings is 1. The van der Waals surface area contributed by atoms with Gasteiger partial charge in [-0.15, -0.1) is 0 Å². The molecule has 2 amide bonds. The molecule has 16 heteroatoms. The molecule has 1 fully saturated rings. The Bertz CT molecular complexity index is 1960. The first-order valence-electron chi connectivity index (χ1n) is 19.2. The Labute approximate surface area is 360 Å². The van der Waals surface area contributed by atoms with E-state index in [1.54, 1.807) is 63.2 Å². The first kappa shape index (κ1) is 45.7. The first-order chi connectivity index (χ1) is 27.9. The van der Waals surface area contributed by atoms with Gasteiger partial charge in [0.25, 0.3) is 0 Å². The standard InChI is InChI=1S/C43H52Cl3N3O10/c1-41(2,3)58-39(51)48-24-31-22-32(29-17-18-37(47-23-29)56-20-12-19-55-26-30-14-9-11-16-36(30)54-7)33(27-57-38(50)21-28-13-8-10-15-35(28)53-6)34(25-48)49(31)40(52)59-42(4,5)43(44,45)46/h8-11,13-18,23,31,34H,12,19-22,24-27H2,1-7H3. The highest BCUT2D eigenvalue weighted by atomic mass is 35.6. The second kappa shape index (κ2) is 19.8. The maximum absolute atomic E-state index is 14.1. The van der Waals surface area contributed by atoms with Gasteiger partial charge in [0.05, 0.1) is 52.5 Å². The molecule has 0 saturated carbocycles. The van der Waals surface area contributed by atoms with Gasteiger partial charge in [-0.2, -0.15) is 0 Å². The SMILES string of the molecule is COc1ccccc1COCCCOc1ccc(C2=C(COC(=O)Cc3ccccc3OC)C3CN(C(=O)OC(C)(C)C)CC(C2)N3C(=O)OC(C)(C)C(Cl)(Cl)Cl)cn1. The Hall–Kier alpha value is -4.43. The molecule has 2 atom stereocenters. The fraction of sp³-hybridized carbons (Fsp3) is 0.488.